The average Bonchev–Trinajstić information content (AvgIpc) is 1.80. The molecular formula is C6H13NO2. The van der Waals surface area contributed by atoms with Gasteiger partial charge in [-0.05, 0) is 6.42 Å². The lowest BCUT2D eigenvalue weighted by Crippen LogP contribution is -2.13. The van der Waals surface area contributed by atoms with Crippen LogP contribution in [-0.2, 0) is 9.53 Å². The predicted octanol–water partition coefficient (Wildman–Crippen LogP) is 0.288. The number of hydrogen-bond acceptors (Lipinski definition) is 2. The summed E-state index contributed by atoms with van der Waals surface area (Å²) in [6.45, 7) is 3.20. The van der Waals surface area contributed by atoms with Crippen LogP contribution in [0.25, 0.3) is 0 Å². The zero-order valence-electron chi connectivity index (χ0n) is 5.72. The highest BCUT2D eigenvalue weighted by molar-refractivity contribution is 5.73. The zero-order chi connectivity index (χ0) is 7.11. The molecule has 0 aliphatic carbocycles. The van der Waals surface area contributed by atoms with Gasteiger partial charge in [0.05, 0.1) is 6.61 Å². The molecule has 0 atom stereocenters. The molecule has 0 bridgehead atoms. The quantitative estimate of drug-likeness (QED) is 0.545. The summed E-state index contributed by atoms with van der Waals surface area (Å²) in [6, 6.07) is 0. The molecule has 3 nitrogen and oxygen atoms in total. The van der Waals surface area contributed by atoms with Crippen molar-refractivity contribution in [3.05, 3.63) is 0 Å². The summed E-state index contributed by atoms with van der Waals surface area (Å²) in [5.41, 5.74) is 4.86. The van der Waals surface area contributed by atoms with Crippen molar-refractivity contribution in [3.63, 3.8) is 0 Å². The van der Waals surface area contributed by atoms with E-state index in [2.05, 4.69) is 0 Å². The third-order valence-corrected chi connectivity index (χ3v) is 0.841. The number of nitrogens with two attached hydrogens (primary N) is 1. The van der Waals surface area contributed by atoms with E-state index in [0.29, 0.717) is 19.6 Å². The van der Waals surface area contributed by atoms with Crippen molar-refractivity contribution in [1.82, 2.24) is 0 Å². The molecule has 0 aromatic heterocycles. The molecule has 0 aliphatic heterocycles. The molecule has 0 heterocycles. The Morgan fingerprint density at radius 3 is 2.67 bits per heavy atom. The smallest absolute Gasteiger partial charge is 0.219 e. The highest BCUT2D eigenvalue weighted by atomic mass is 16.5. The van der Waals surface area contributed by atoms with Crippen LogP contribution in [0.2, 0.25) is 0 Å². The molecule has 0 rings (SSSR count). The molecule has 54 valence electrons. The van der Waals surface area contributed by atoms with E-state index in [1.165, 1.54) is 0 Å². The van der Waals surface area contributed by atoms with Gasteiger partial charge in [0.2, 0.25) is 5.91 Å². The van der Waals surface area contributed by atoms with Gasteiger partial charge in [0.1, 0.15) is 0 Å². The minimum absolute atomic E-state index is 0.300. The maximum atomic E-state index is 10.1. The first-order valence-electron chi connectivity index (χ1n) is 3.13. The maximum Gasteiger partial charge on any atom is 0.219 e. The Hall–Kier alpha value is -0.570. The van der Waals surface area contributed by atoms with E-state index in [0.717, 1.165) is 6.42 Å². The molecule has 0 spiro atoms. The molecule has 3 heteroatoms. The number of ether oxygens (including phenoxy) is 1. The zero-order valence-corrected chi connectivity index (χ0v) is 5.72. The second-order valence-corrected chi connectivity index (χ2v) is 1.83. The van der Waals surface area contributed by atoms with Crippen LogP contribution < -0.4 is 5.73 Å². The third kappa shape index (κ3) is 7.43. The van der Waals surface area contributed by atoms with Crippen molar-refractivity contribution in [2.45, 2.75) is 19.8 Å². The maximum absolute atomic E-state index is 10.1. The summed E-state index contributed by atoms with van der Waals surface area (Å²) in [5, 5.41) is 0. The first kappa shape index (κ1) is 8.43. The van der Waals surface area contributed by atoms with Gasteiger partial charge < -0.3 is 10.5 Å². The van der Waals surface area contributed by atoms with Crippen molar-refractivity contribution < 1.29 is 9.53 Å². The van der Waals surface area contributed by atoms with E-state index in [9.17, 15) is 4.79 Å². The van der Waals surface area contributed by atoms with E-state index in [1.54, 1.807) is 0 Å². The van der Waals surface area contributed by atoms with Crippen molar-refractivity contribution in [1.29, 1.82) is 0 Å². The first-order chi connectivity index (χ1) is 4.27. The Labute approximate surface area is 55.2 Å². The van der Waals surface area contributed by atoms with Crippen molar-refractivity contribution >= 4 is 5.91 Å². The predicted molar refractivity (Wildman–Crippen MR) is 34.9 cm³/mol. The van der Waals surface area contributed by atoms with E-state index in [-0.39, 0.29) is 5.91 Å². The van der Waals surface area contributed by atoms with Gasteiger partial charge >= 0.3 is 0 Å². The monoisotopic (exact) mass is 131 g/mol. The number of amides is 1. The van der Waals surface area contributed by atoms with Crippen LogP contribution in [0.5, 0.6) is 0 Å². The molecule has 9 heavy (non-hydrogen) atoms. The van der Waals surface area contributed by atoms with Gasteiger partial charge in [0.15, 0.2) is 0 Å². The van der Waals surface area contributed by atoms with Crippen molar-refractivity contribution in [3.8, 4) is 0 Å². The fraction of sp³-hybridized carbons (Fsp3) is 0.833. The normalized spacial score (nSPS) is 9.44. The van der Waals surface area contributed by atoms with E-state index >= 15 is 0 Å². The lowest BCUT2D eigenvalue weighted by molar-refractivity contribution is -0.119. The van der Waals surface area contributed by atoms with Gasteiger partial charge in [-0.3, -0.25) is 4.79 Å². The van der Waals surface area contributed by atoms with Crippen molar-refractivity contribution in [2.75, 3.05) is 13.2 Å². The second kappa shape index (κ2) is 5.56. The molecular weight excluding hydrogens is 118 g/mol. The van der Waals surface area contributed by atoms with Gasteiger partial charge in [0.25, 0.3) is 0 Å². The SMILES string of the molecule is CCCOCCC(N)=O. The molecule has 0 aromatic carbocycles. The number of hydrogen-bond donors (Lipinski definition) is 1. The Morgan fingerprint density at radius 2 is 2.22 bits per heavy atom. The van der Waals surface area contributed by atoms with E-state index in [4.69, 9.17) is 10.5 Å². The number of carbonyl (C=O) groups excluding carboxylic acids is 1. The van der Waals surface area contributed by atoms with Gasteiger partial charge in [-0.1, -0.05) is 6.92 Å². The molecule has 0 aromatic rings. The molecule has 0 saturated carbocycles. The standard InChI is InChI=1S/C6H13NO2/c1-2-4-9-5-3-6(7)8/h2-5H2,1H3,(H2,7,8). The Balaban J connectivity index is 2.83. The van der Waals surface area contributed by atoms with Gasteiger partial charge in [-0.25, -0.2) is 0 Å². The number of primary amides is 1. The minimum atomic E-state index is -0.300. The van der Waals surface area contributed by atoms with Crippen LogP contribution in [0.4, 0.5) is 0 Å². The lowest BCUT2D eigenvalue weighted by Gasteiger charge is -1.97. The van der Waals surface area contributed by atoms with E-state index in [1.807, 2.05) is 6.92 Å². The van der Waals surface area contributed by atoms with Gasteiger partial charge in [0, 0.05) is 13.0 Å². The minimum Gasteiger partial charge on any atom is -0.381 e. The molecule has 0 fully saturated rings. The molecule has 0 radical (unpaired) electrons. The number of carbonyl (C=O) groups is 1. The average molecular weight is 131 g/mol. The van der Waals surface area contributed by atoms with Crippen LogP contribution >= 0.6 is 0 Å². The summed E-state index contributed by atoms with van der Waals surface area (Å²) in [6.07, 6.45) is 1.32. The number of rotatable bonds is 5. The fourth-order valence-electron chi connectivity index (χ4n) is 0.419. The van der Waals surface area contributed by atoms with Crippen molar-refractivity contribution in [2.24, 2.45) is 5.73 Å². The lowest BCUT2D eigenvalue weighted by atomic mass is 10.4. The first-order valence-corrected chi connectivity index (χ1v) is 3.13. The van der Waals surface area contributed by atoms with Crippen LogP contribution in [0.15, 0.2) is 0 Å². The van der Waals surface area contributed by atoms with Crippen LogP contribution in [0.3, 0.4) is 0 Å². The Morgan fingerprint density at radius 1 is 1.56 bits per heavy atom. The molecule has 0 unspecified atom stereocenters. The summed E-state index contributed by atoms with van der Waals surface area (Å²) in [5.74, 6) is -0.300. The van der Waals surface area contributed by atoms with E-state index < -0.39 is 0 Å². The highest BCUT2D eigenvalue weighted by Crippen LogP contribution is 1.82. The fourth-order valence-corrected chi connectivity index (χ4v) is 0.419. The summed E-state index contributed by atoms with van der Waals surface area (Å²) in [4.78, 5) is 10.1. The Bertz CT molecular complexity index is 83.1. The van der Waals surface area contributed by atoms with Gasteiger partial charge in [-0.2, -0.15) is 0 Å². The summed E-state index contributed by atoms with van der Waals surface area (Å²) in [7, 11) is 0. The second-order valence-electron chi connectivity index (χ2n) is 1.83. The largest absolute Gasteiger partial charge is 0.381 e. The molecule has 0 aliphatic rings. The van der Waals surface area contributed by atoms with Crippen LogP contribution in [0, 0.1) is 0 Å². The molecule has 2 N–H and O–H groups in total. The molecule has 1 amide bonds. The van der Waals surface area contributed by atoms with Crippen LogP contribution in [0.1, 0.15) is 19.8 Å². The topological polar surface area (TPSA) is 52.3 Å². The Kier molecular flexibility index (Phi) is 5.21. The molecule has 0 saturated heterocycles. The summed E-state index contributed by atoms with van der Waals surface area (Å²) < 4.78 is 4.99. The third-order valence-electron chi connectivity index (χ3n) is 0.841. The van der Waals surface area contributed by atoms with Crippen LogP contribution in [-0.4, -0.2) is 19.1 Å². The highest BCUT2D eigenvalue weighted by Gasteiger charge is 1.91. The summed E-state index contributed by atoms with van der Waals surface area (Å²) >= 11 is 0. The van der Waals surface area contributed by atoms with Gasteiger partial charge in [-0.15, -0.1) is 0 Å².